The van der Waals surface area contributed by atoms with E-state index >= 15 is 0 Å². The molecule has 1 aromatic carbocycles. The summed E-state index contributed by atoms with van der Waals surface area (Å²) in [4.78, 5) is 4.67. The van der Waals surface area contributed by atoms with Gasteiger partial charge in [-0.25, -0.2) is 4.98 Å². The van der Waals surface area contributed by atoms with Crippen LogP contribution in [0.2, 0.25) is 0 Å². The number of aryl methyl sites for hydroxylation is 1. The SMILES string of the molecule is Cc1ccc(OCc2nc(CCN)c3ccccn23)cc1. The van der Waals surface area contributed by atoms with Crippen molar-refractivity contribution < 1.29 is 4.74 Å². The van der Waals surface area contributed by atoms with E-state index in [2.05, 4.69) is 22.4 Å². The second kappa shape index (κ2) is 5.97. The lowest BCUT2D eigenvalue weighted by molar-refractivity contribution is 0.295. The maximum atomic E-state index is 5.83. The highest BCUT2D eigenvalue weighted by molar-refractivity contribution is 5.53. The normalized spacial score (nSPS) is 11.0. The quantitative estimate of drug-likeness (QED) is 0.782. The number of nitrogens with zero attached hydrogens (tertiary/aromatic N) is 2. The molecule has 3 aromatic rings. The number of pyridine rings is 1. The van der Waals surface area contributed by atoms with Crippen LogP contribution in [0.1, 0.15) is 17.1 Å². The number of imidazole rings is 1. The van der Waals surface area contributed by atoms with Crippen LogP contribution in [0.15, 0.2) is 48.7 Å². The largest absolute Gasteiger partial charge is 0.486 e. The molecular weight excluding hydrogens is 262 g/mol. The molecule has 108 valence electrons. The summed E-state index contributed by atoms with van der Waals surface area (Å²) >= 11 is 0. The van der Waals surface area contributed by atoms with E-state index in [4.69, 9.17) is 10.5 Å². The van der Waals surface area contributed by atoms with E-state index in [-0.39, 0.29) is 0 Å². The van der Waals surface area contributed by atoms with Crippen LogP contribution in [0.5, 0.6) is 5.75 Å². The Hall–Kier alpha value is -2.33. The molecule has 0 aliphatic carbocycles. The first-order valence-electron chi connectivity index (χ1n) is 7.12. The van der Waals surface area contributed by atoms with Gasteiger partial charge in [0.05, 0.1) is 11.2 Å². The summed E-state index contributed by atoms with van der Waals surface area (Å²) in [5.74, 6) is 1.75. The van der Waals surface area contributed by atoms with Crippen molar-refractivity contribution >= 4 is 5.52 Å². The third-order valence-electron chi connectivity index (χ3n) is 3.47. The lowest BCUT2D eigenvalue weighted by atomic mass is 10.2. The molecule has 0 radical (unpaired) electrons. The highest BCUT2D eigenvalue weighted by Gasteiger charge is 2.10. The minimum absolute atomic E-state index is 0.443. The Kier molecular flexibility index (Phi) is 3.88. The average Bonchev–Trinajstić information content (AvgIpc) is 2.86. The van der Waals surface area contributed by atoms with Gasteiger partial charge < -0.3 is 14.9 Å². The molecule has 0 atom stereocenters. The Labute approximate surface area is 124 Å². The zero-order valence-corrected chi connectivity index (χ0v) is 12.1. The van der Waals surface area contributed by atoms with Gasteiger partial charge in [-0.15, -0.1) is 0 Å². The average molecular weight is 281 g/mol. The van der Waals surface area contributed by atoms with E-state index < -0.39 is 0 Å². The van der Waals surface area contributed by atoms with Gasteiger partial charge >= 0.3 is 0 Å². The minimum atomic E-state index is 0.443. The van der Waals surface area contributed by atoms with Crippen molar-refractivity contribution in [1.82, 2.24) is 9.38 Å². The van der Waals surface area contributed by atoms with Gasteiger partial charge in [0.25, 0.3) is 0 Å². The van der Waals surface area contributed by atoms with E-state index in [1.165, 1.54) is 5.56 Å². The standard InChI is InChI=1S/C17H19N3O/c1-13-5-7-14(8-6-13)21-12-17-19-15(9-10-18)16-4-2-3-11-20(16)17/h2-8,11H,9-10,12,18H2,1H3. The molecular formula is C17H19N3O. The number of rotatable bonds is 5. The van der Waals surface area contributed by atoms with Crippen molar-refractivity contribution in [2.45, 2.75) is 20.0 Å². The minimum Gasteiger partial charge on any atom is -0.486 e. The maximum Gasteiger partial charge on any atom is 0.151 e. The van der Waals surface area contributed by atoms with Crippen LogP contribution in [0.3, 0.4) is 0 Å². The summed E-state index contributed by atoms with van der Waals surface area (Å²) in [7, 11) is 0. The molecule has 2 heterocycles. The number of aromatic nitrogens is 2. The fraction of sp³-hybridized carbons (Fsp3) is 0.235. The monoisotopic (exact) mass is 281 g/mol. The Morgan fingerprint density at radius 2 is 1.95 bits per heavy atom. The van der Waals surface area contributed by atoms with Crippen LogP contribution in [-0.4, -0.2) is 15.9 Å². The maximum absolute atomic E-state index is 5.83. The van der Waals surface area contributed by atoms with Gasteiger partial charge in [0.2, 0.25) is 0 Å². The van der Waals surface area contributed by atoms with Crippen LogP contribution in [0.25, 0.3) is 5.52 Å². The Bertz CT molecular complexity index is 731. The first-order chi connectivity index (χ1) is 10.3. The molecule has 4 heteroatoms. The summed E-state index contributed by atoms with van der Waals surface area (Å²) in [6, 6.07) is 14.1. The Morgan fingerprint density at radius 1 is 1.14 bits per heavy atom. The molecule has 0 unspecified atom stereocenters. The van der Waals surface area contributed by atoms with Gasteiger partial charge in [-0.1, -0.05) is 23.8 Å². The fourth-order valence-corrected chi connectivity index (χ4v) is 2.38. The fourth-order valence-electron chi connectivity index (χ4n) is 2.38. The van der Waals surface area contributed by atoms with Crippen LogP contribution in [-0.2, 0) is 13.0 Å². The highest BCUT2D eigenvalue weighted by atomic mass is 16.5. The molecule has 0 aliphatic rings. The lowest BCUT2D eigenvalue weighted by Gasteiger charge is -2.05. The van der Waals surface area contributed by atoms with E-state index in [1.807, 2.05) is 42.6 Å². The molecule has 0 saturated heterocycles. The highest BCUT2D eigenvalue weighted by Crippen LogP contribution is 2.17. The van der Waals surface area contributed by atoms with Crippen molar-refractivity contribution in [2.75, 3.05) is 6.54 Å². The molecule has 0 aliphatic heterocycles. The van der Waals surface area contributed by atoms with Crippen molar-refractivity contribution in [2.24, 2.45) is 5.73 Å². The van der Waals surface area contributed by atoms with Crippen molar-refractivity contribution in [3.05, 3.63) is 65.7 Å². The summed E-state index contributed by atoms with van der Waals surface area (Å²) in [5.41, 5.74) is 9.01. The molecule has 2 N–H and O–H groups in total. The van der Waals surface area contributed by atoms with E-state index in [0.29, 0.717) is 13.2 Å². The van der Waals surface area contributed by atoms with Gasteiger partial charge in [0, 0.05) is 12.6 Å². The number of hydrogen-bond acceptors (Lipinski definition) is 3. The molecule has 3 rings (SSSR count). The van der Waals surface area contributed by atoms with Crippen LogP contribution < -0.4 is 10.5 Å². The number of nitrogens with two attached hydrogens (primary N) is 1. The molecule has 0 saturated carbocycles. The second-order valence-electron chi connectivity index (χ2n) is 5.07. The van der Waals surface area contributed by atoms with Crippen molar-refractivity contribution in [1.29, 1.82) is 0 Å². The number of ether oxygens (including phenoxy) is 1. The van der Waals surface area contributed by atoms with Gasteiger partial charge in [0.15, 0.2) is 5.82 Å². The third-order valence-corrected chi connectivity index (χ3v) is 3.47. The Morgan fingerprint density at radius 3 is 2.71 bits per heavy atom. The molecule has 0 fully saturated rings. The molecule has 4 nitrogen and oxygen atoms in total. The molecule has 0 amide bonds. The number of benzene rings is 1. The van der Waals surface area contributed by atoms with E-state index in [9.17, 15) is 0 Å². The topological polar surface area (TPSA) is 52.5 Å². The van der Waals surface area contributed by atoms with E-state index in [1.54, 1.807) is 0 Å². The number of hydrogen-bond donors (Lipinski definition) is 1. The van der Waals surface area contributed by atoms with Gasteiger partial charge in [-0.3, -0.25) is 0 Å². The number of fused-ring (bicyclic) bond motifs is 1. The van der Waals surface area contributed by atoms with Crippen LogP contribution >= 0.6 is 0 Å². The van der Waals surface area contributed by atoms with Gasteiger partial charge in [0.1, 0.15) is 12.4 Å². The predicted octanol–water partition coefficient (Wildman–Crippen LogP) is 2.72. The molecule has 2 aromatic heterocycles. The summed E-state index contributed by atoms with van der Waals surface area (Å²) < 4.78 is 7.90. The second-order valence-corrected chi connectivity index (χ2v) is 5.07. The predicted molar refractivity (Wildman–Crippen MR) is 83.5 cm³/mol. The van der Waals surface area contributed by atoms with Crippen molar-refractivity contribution in [3.8, 4) is 5.75 Å². The first kappa shape index (κ1) is 13.6. The zero-order valence-electron chi connectivity index (χ0n) is 12.1. The molecule has 21 heavy (non-hydrogen) atoms. The summed E-state index contributed by atoms with van der Waals surface area (Å²) in [6.45, 7) is 3.10. The van der Waals surface area contributed by atoms with Gasteiger partial charge in [-0.2, -0.15) is 0 Å². The zero-order chi connectivity index (χ0) is 14.7. The summed E-state index contributed by atoms with van der Waals surface area (Å²) in [6.07, 6.45) is 2.79. The smallest absolute Gasteiger partial charge is 0.151 e. The molecule has 0 bridgehead atoms. The van der Waals surface area contributed by atoms with E-state index in [0.717, 1.165) is 29.2 Å². The van der Waals surface area contributed by atoms with Gasteiger partial charge in [-0.05, 0) is 37.7 Å². The van der Waals surface area contributed by atoms with Crippen molar-refractivity contribution in [3.63, 3.8) is 0 Å². The van der Waals surface area contributed by atoms with Crippen LogP contribution in [0, 0.1) is 6.92 Å². The summed E-state index contributed by atoms with van der Waals surface area (Å²) in [5, 5.41) is 0. The Balaban J connectivity index is 1.84. The lowest BCUT2D eigenvalue weighted by Crippen LogP contribution is -2.03. The third kappa shape index (κ3) is 2.90. The molecule has 0 spiro atoms. The first-order valence-corrected chi connectivity index (χ1v) is 7.12. The van der Waals surface area contributed by atoms with Crippen LogP contribution in [0.4, 0.5) is 0 Å².